The van der Waals surface area contributed by atoms with Gasteiger partial charge < -0.3 is 0 Å². The molecule has 0 spiro atoms. The van der Waals surface area contributed by atoms with Crippen LogP contribution in [0.2, 0.25) is 0 Å². The summed E-state index contributed by atoms with van der Waals surface area (Å²) in [7, 11) is 1.97. The molecule has 0 aliphatic heterocycles. The van der Waals surface area contributed by atoms with Gasteiger partial charge in [-0.25, -0.2) is 0 Å². The SMILES string of the molecule is Cc1cc2ccccc2[n+](C)n1. The quantitative estimate of drug-likeness (QED) is 0.530. The summed E-state index contributed by atoms with van der Waals surface area (Å²) in [5.41, 5.74) is 2.22. The van der Waals surface area contributed by atoms with Crippen molar-refractivity contribution < 1.29 is 4.68 Å². The number of hydrogen-bond donors (Lipinski definition) is 0. The van der Waals surface area contributed by atoms with Crippen molar-refractivity contribution in [2.75, 3.05) is 0 Å². The Morgan fingerprint density at radius 2 is 2.00 bits per heavy atom. The number of hydrogen-bond acceptors (Lipinski definition) is 1. The Balaban J connectivity index is 2.89. The minimum atomic E-state index is 1.05. The normalized spacial score (nSPS) is 10.5. The van der Waals surface area contributed by atoms with Crippen LogP contribution in [0.3, 0.4) is 0 Å². The molecule has 60 valence electrons. The van der Waals surface area contributed by atoms with E-state index in [9.17, 15) is 0 Å². The van der Waals surface area contributed by atoms with E-state index in [0.29, 0.717) is 0 Å². The van der Waals surface area contributed by atoms with Gasteiger partial charge >= 0.3 is 0 Å². The van der Waals surface area contributed by atoms with E-state index in [2.05, 4.69) is 23.3 Å². The molecule has 1 aromatic heterocycles. The maximum Gasteiger partial charge on any atom is 0.238 e. The van der Waals surface area contributed by atoms with Gasteiger partial charge in [0, 0.05) is 6.07 Å². The van der Waals surface area contributed by atoms with E-state index in [1.807, 2.05) is 30.8 Å². The molecular formula is C10H11N2+. The Morgan fingerprint density at radius 3 is 2.83 bits per heavy atom. The van der Waals surface area contributed by atoms with E-state index >= 15 is 0 Å². The Labute approximate surface area is 71.5 Å². The Hall–Kier alpha value is -1.44. The maximum atomic E-state index is 4.32. The summed E-state index contributed by atoms with van der Waals surface area (Å²) in [5.74, 6) is 0. The summed E-state index contributed by atoms with van der Waals surface area (Å²) in [5, 5.41) is 5.56. The monoisotopic (exact) mass is 159 g/mol. The van der Waals surface area contributed by atoms with Crippen LogP contribution in [-0.4, -0.2) is 5.10 Å². The third-order valence-electron chi connectivity index (χ3n) is 1.96. The summed E-state index contributed by atoms with van der Waals surface area (Å²) < 4.78 is 1.91. The van der Waals surface area contributed by atoms with Crippen LogP contribution in [0.25, 0.3) is 10.9 Å². The molecule has 1 heterocycles. The topological polar surface area (TPSA) is 16.8 Å². The molecule has 0 aliphatic rings. The van der Waals surface area contributed by atoms with E-state index in [1.165, 1.54) is 10.9 Å². The van der Waals surface area contributed by atoms with Gasteiger partial charge in [0.2, 0.25) is 5.52 Å². The van der Waals surface area contributed by atoms with E-state index < -0.39 is 0 Å². The van der Waals surface area contributed by atoms with E-state index in [1.54, 1.807) is 0 Å². The molecule has 0 saturated carbocycles. The lowest BCUT2D eigenvalue weighted by atomic mass is 10.2. The third kappa shape index (κ3) is 1.05. The lowest BCUT2D eigenvalue weighted by Crippen LogP contribution is -2.34. The van der Waals surface area contributed by atoms with Crippen molar-refractivity contribution in [3.05, 3.63) is 36.0 Å². The first-order valence-corrected chi connectivity index (χ1v) is 4.00. The molecule has 0 atom stereocenters. The molecule has 0 N–H and O–H groups in total. The van der Waals surface area contributed by atoms with Crippen LogP contribution in [0.1, 0.15) is 5.69 Å². The third-order valence-corrected chi connectivity index (χ3v) is 1.96. The predicted octanol–water partition coefficient (Wildman–Crippen LogP) is 1.37. The fourth-order valence-corrected chi connectivity index (χ4v) is 1.45. The number of para-hydroxylation sites is 1. The van der Waals surface area contributed by atoms with Gasteiger partial charge in [0.1, 0.15) is 5.69 Å². The van der Waals surface area contributed by atoms with Gasteiger partial charge in [-0.2, -0.15) is 0 Å². The molecule has 2 nitrogen and oxygen atoms in total. The second-order valence-corrected chi connectivity index (χ2v) is 2.97. The molecule has 0 bridgehead atoms. The highest BCUT2D eigenvalue weighted by Gasteiger charge is 2.04. The van der Waals surface area contributed by atoms with Crippen LogP contribution < -0.4 is 4.68 Å². The number of benzene rings is 1. The summed E-state index contributed by atoms with van der Waals surface area (Å²) >= 11 is 0. The summed E-state index contributed by atoms with van der Waals surface area (Å²) in [6.07, 6.45) is 0. The first-order valence-electron chi connectivity index (χ1n) is 4.00. The fraction of sp³-hybridized carbons (Fsp3) is 0.200. The van der Waals surface area contributed by atoms with E-state index in [0.717, 1.165) is 5.69 Å². The predicted molar refractivity (Wildman–Crippen MR) is 47.7 cm³/mol. The first-order chi connectivity index (χ1) is 5.77. The lowest BCUT2D eigenvalue weighted by molar-refractivity contribution is -0.706. The number of aromatic nitrogens is 2. The summed E-state index contributed by atoms with van der Waals surface area (Å²) in [6.45, 7) is 2.01. The van der Waals surface area contributed by atoms with Crippen molar-refractivity contribution >= 4 is 10.9 Å². The minimum absolute atomic E-state index is 1.05. The van der Waals surface area contributed by atoms with Crippen LogP contribution in [0.5, 0.6) is 0 Å². The minimum Gasteiger partial charge on any atom is -0.0862 e. The number of nitrogens with zero attached hydrogens (tertiary/aromatic N) is 2. The zero-order chi connectivity index (χ0) is 8.55. The molecule has 0 unspecified atom stereocenters. The molecule has 2 heteroatoms. The Kier molecular flexibility index (Phi) is 1.54. The van der Waals surface area contributed by atoms with Gasteiger partial charge in [-0.15, -0.1) is 0 Å². The molecule has 12 heavy (non-hydrogen) atoms. The van der Waals surface area contributed by atoms with E-state index in [-0.39, 0.29) is 0 Å². The highest BCUT2D eigenvalue weighted by atomic mass is 15.2. The van der Waals surface area contributed by atoms with Gasteiger partial charge in [0.05, 0.1) is 5.39 Å². The number of fused-ring (bicyclic) bond motifs is 1. The smallest absolute Gasteiger partial charge is 0.0862 e. The lowest BCUT2D eigenvalue weighted by Gasteiger charge is -1.94. The van der Waals surface area contributed by atoms with E-state index in [4.69, 9.17) is 0 Å². The van der Waals surface area contributed by atoms with Crippen LogP contribution in [0.15, 0.2) is 30.3 Å². The average Bonchev–Trinajstić information content (AvgIpc) is 2.04. The second kappa shape index (κ2) is 2.55. The van der Waals surface area contributed by atoms with Gasteiger partial charge in [0.15, 0.2) is 7.05 Å². The van der Waals surface area contributed by atoms with Crippen molar-refractivity contribution in [3.8, 4) is 0 Å². The zero-order valence-corrected chi connectivity index (χ0v) is 7.28. The zero-order valence-electron chi connectivity index (χ0n) is 7.28. The highest BCUT2D eigenvalue weighted by molar-refractivity contribution is 5.75. The maximum absolute atomic E-state index is 4.32. The molecule has 0 radical (unpaired) electrons. The van der Waals surface area contributed by atoms with Gasteiger partial charge in [0.25, 0.3) is 0 Å². The average molecular weight is 159 g/mol. The molecule has 0 fully saturated rings. The summed E-state index contributed by atoms with van der Waals surface area (Å²) in [6, 6.07) is 10.3. The van der Waals surface area contributed by atoms with Crippen LogP contribution >= 0.6 is 0 Å². The summed E-state index contributed by atoms with van der Waals surface area (Å²) in [4.78, 5) is 0. The van der Waals surface area contributed by atoms with Gasteiger partial charge in [-0.3, -0.25) is 0 Å². The molecule has 0 saturated heterocycles. The molecule has 0 aliphatic carbocycles. The molecule has 0 amide bonds. The van der Waals surface area contributed by atoms with Crippen molar-refractivity contribution in [2.45, 2.75) is 6.92 Å². The Morgan fingerprint density at radius 1 is 1.25 bits per heavy atom. The van der Waals surface area contributed by atoms with Crippen LogP contribution in [-0.2, 0) is 7.05 Å². The molecular weight excluding hydrogens is 148 g/mol. The number of aryl methyl sites for hydroxylation is 2. The molecule has 2 rings (SSSR count). The van der Waals surface area contributed by atoms with Gasteiger partial charge in [-0.05, 0) is 24.2 Å². The van der Waals surface area contributed by atoms with Crippen LogP contribution in [0.4, 0.5) is 0 Å². The number of rotatable bonds is 0. The van der Waals surface area contributed by atoms with Crippen LogP contribution in [0, 0.1) is 6.92 Å². The Bertz CT molecular complexity index is 421. The van der Waals surface area contributed by atoms with Crippen molar-refractivity contribution in [2.24, 2.45) is 7.05 Å². The fourth-order valence-electron chi connectivity index (χ4n) is 1.45. The highest BCUT2D eigenvalue weighted by Crippen LogP contribution is 2.08. The van der Waals surface area contributed by atoms with Crippen molar-refractivity contribution in [1.82, 2.24) is 5.10 Å². The molecule has 2 aromatic rings. The first kappa shape index (κ1) is 7.22. The standard InChI is InChI=1S/C10H11N2/c1-8-7-9-5-3-4-6-10(9)12(2)11-8/h3-7H,1-2H3/q+1. The van der Waals surface area contributed by atoms with Crippen molar-refractivity contribution in [3.63, 3.8) is 0 Å². The second-order valence-electron chi connectivity index (χ2n) is 2.97. The van der Waals surface area contributed by atoms with Crippen molar-refractivity contribution in [1.29, 1.82) is 0 Å². The largest absolute Gasteiger partial charge is 0.238 e. The van der Waals surface area contributed by atoms with Gasteiger partial charge in [-0.1, -0.05) is 16.8 Å². The molecule has 1 aromatic carbocycles.